The summed E-state index contributed by atoms with van der Waals surface area (Å²) >= 11 is 3.00. The van der Waals surface area contributed by atoms with Crippen LogP contribution in [0, 0.1) is 0 Å². The van der Waals surface area contributed by atoms with Gasteiger partial charge in [-0.15, -0.1) is 11.8 Å². The maximum atomic E-state index is 13.3. The van der Waals surface area contributed by atoms with E-state index in [0.29, 0.717) is 34.4 Å². The Morgan fingerprint density at radius 3 is 2.47 bits per heavy atom. The average molecular weight is 466 g/mol. The van der Waals surface area contributed by atoms with Crippen molar-refractivity contribution in [3.05, 3.63) is 78.1 Å². The number of aromatic nitrogens is 2. The predicted octanol–water partition coefficient (Wildman–Crippen LogP) is 5.18. The molecule has 0 bridgehead atoms. The monoisotopic (exact) mass is 465 g/mol. The molecule has 32 heavy (non-hydrogen) atoms. The van der Waals surface area contributed by atoms with Crippen LogP contribution in [-0.2, 0) is 17.1 Å². The van der Waals surface area contributed by atoms with Crippen LogP contribution in [0.15, 0.2) is 66.9 Å². The summed E-state index contributed by atoms with van der Waals surface area (Å²) in [4.78, 5) is 24.2. The molecule has 0 N–H and O–H groups in total. The first-order valence-corrected chi connectivity index (χ1v) is 12.0. The number of fused-ring (bicyclic) bond motifs is 1. The summed E-state index contributed by atoms with van der Waals surface area (Å²) < 4.78 is 11.8. The molecular weight excluding hydrogens is 442 g/mol. The van der Waals surface area contributed by atoms with E-state index in [9.17, 15) is 4.79 Å². The lowest BCUT2D eigenvalue weighted by Gasteiger charge is -2.19. The Balaban J connectivity index is 1.62. The number of nitrogens with zero attached hydrogens (tertiary/aromatic N) is 3. The third-order valence-corrected chi connectivity index (χ3v) is 6.90. The fourth-order valence-corrected chi connectivity index (χ4v) is 5.17. The van der Waals surface area contributed by atoms with Crippen LogP contribution in [0.3, 0.4) is 0 Å². The molecule has 2 heterocycles. The molecule has 1 amide bonds. The number of methoxy groups -OCH3 is 2. The number of thiazole rings is 1. The van der Waals surface area contributed by atoms with E-state index in [1.165, 1.54) is 16.9 Å². The standard InChI is InChI=1S/C24H23N3O3S2/c1-29-19-11-12-20(30-2)23-22(19)26-24(32-23)27(14-18-10-6-7-13-25-18)21(28)16-31-15-17-8-4-3-5-9-17/h3-13H,14-16H2,1-2H3. The summed E-state index contributed by atoms with van der Waals surface area (Å²) in [6.07, 6.45) is 1.73. The molecule has 4 aromatic rings. The number of thioether (sulfide) groups is 1. The van der Waals surface area contributed by atoms with E-state index in [4.69, 9.17) is 14.5 Å². The van der Waals surface area contributed by atoms with Crippen LogP contribution in [-0.4, -0.2) is 35.8 Å². The van der Waals surface area contributed by atoms with E-state index in [0.717, 1.165) is 16.1 Å². The minimum atomic E-state index is -0.0198. The Morgan fingerprint density at radius 2 is 1.75 bits per heavy atom. The quantitative estimate of drug-likeness (QED) is 0.340. The van der Waals surface area contributed by atoms with E-state index in [-0.39, 0.29) is 5.91 Å². The van der Waals surface area contributed by atoms with Gasteiger partial charge in [-0.1, -0.05) is 47.7 Å². The van der Waals surface area contributed by atoms with Crippen molar-refractivity contribution >= 4 is 44.4 Å². The first kappa shape index (κ1) is 22.1. The third-order valence-electron chi connectivity index (χ3n) is 4.81. The molecular formula is C24H23N3O3S2. The summed E-state index contributed by atoms with van der Waals surface area (Å²) in [5, 5.41) is 0.596. The maximum Gasteiger partial charge on any atom is 0.239 e. The van der Waals surface area contributed by atoms with E-state index < -0.39 is 0 Å². The Bertz CT molecular complexity index is 1140. The van der Waals surface area contributed by atoms with Crippen molar-refractivity contribution in [1.29, 1.82) is 0 Å². The molecule has 2 aromatic carbocycles. The third kappa shape index (κ3) is 5.03. The second-order valence-electron chi connectivity index (χ2n) is 6.92. The molecule has 8 heteroatoms. The molecule has 0 aliphatic heterocycles. The topological polar surface area (TPSA) is 64.6 Å². The molecule has 0 saturated carbocycles. The Labute approximate surface area is 195 Å². The van der Waals surface area contributed by atoms with Gasteiger partial charge in [-0.25, -0.2) is 4.98 Å². The zero-order valence-corrected chi connectivity index (χ0v) is 19.5. The van der Waals surface area contributed by atoms with E-state index in [1.54, 1.807) is 37.1 Å². The van der Waals surface area contributed by atoms with Gasteiger partial charge in [0.25, 0.3) is 0 Å². The Hall–Kier alpha value is -3.10. The van der Waals surface area contributed by atoms with Crippen LogP contribution in [0.2, 0.25) is 0 Å². The lowest BCUT2D eigenvalue weighted by Crippen LogP contribution is -2.32. The number of carbonyl (C=O) groups is 1. The van der Waals surface area contributed by atoms with Crippen LogP contribution in [0.1, 0.15) is 11.3 Å². The van der Waals surface area contributed by atoms with Crippen LogP contribution in [0.5, 0.6) is 11.5 Å². The van der Waals surface area contributed by atoms with Gasteiger partial charge in [-0.2, -0.15) is 0 Å². The van der Waals surface area contributed by atoms with Gasteiger partial charge in [0, 0.05) is 11.9 Å². The van der Waals surface area contributed by atoms with Gasteiger partial charge in [0.1, 0.15) is 21.7 Å². The molecule has 0 spiro atoms. The van der Waals surface area contributed by atoms with Gasteiger partial charge in [0.2, 0.25) is 5.91 Å². The molecule has 0 fully saturated rings. The predicted molar refractivity (Wildman–Crippen MR) is 131 cm³/mol. The number of benzene rings is 2. The summed E-state index contributed by atoms with van der Waals surface area (Å²) in [6, 6.07) is 19.5. The highest BCUT2D eigenvalue weighted by Gasteiger charge is 2.23. The average Bonchev–Trinajstić information content (AvgIpc) is 3.28. The van der Waals surface area contributed by atoms with Crippen LogP contribution in [0.25, 0.3) is 10.2 Å². The zero-order chi connectivity index (χ0) is 22.3. The molecule has 164 valence electrons. The highest BCUT2D eigenvalue weighted by Crippen LogP contribution is 2.40. The van der Waals surface area contributed by atoms with Crippen molar-refractivity contribution in [1.82, 2.24) is 9.97 Å². The van der Waals surface area contributed by atoms with Gasteiger partial charge in [-0.05, 0) is 29.8 Å². The zero-order valence-electron chi connectivity index (χ0n) is 17.9. The van der Waals surface area contributed by atoms with Crippen molar-refractivity contribution in [3.63, 3.8) is 0 Å². The van der Waals surface area contributed by atoms with Crippen molar-refractivity contribution in [2.24, 2.45) is 0 Å². The number of hydrogen-bond donors (Lipinski definition) is 0. The molecule has 0 aliphatic rings. The second kappa shape index (κ2) is 10.5. The number of pyridine rings is 1. The lowest BCUT2D eigenvalue weighted by atomic mass is 10.2. The maximum absolute atomic E-state index is 13.3. The van der Waals surface area contributed by atoms with Gasteiger partial charge < -0.3 is 9.47 Å². The highest BCUT2D eigenvalue weighted by molar-refractivity contribution is 7.99. The summed E-state index contributed by atoms with van der Waals surface area (Å²) in [7, 11) is 3.23. The number of rotatable bonds is 9. The normalized spacial score (nSPS) is 10.8. The summed E-state index contributed by atoms with van der Waals surface area (Å²) in [5.41, 5.74) is 2.67. The Morgan fingerprint density at radius 1 is 1.00 bits per heavy atom. The minimum Gasteiger partial charge on any atom is -0.495 e. The fraction of sp³-hybridized carbons (Fsp3) is 0.208. The number of ether oxygens (including phenoxy) is 2. The van der Waals surface area contributed by atoms with Crippen LogP contribution in [0.4, 0.5) is 5.13 Å². The van der Waals surface area contributed by atoms with E-state index in [2.05, 4.69) is 17.1 Å². The van der Waals surface area contributed by atoms with E-state index in [1.807, 2.05) is 48.5 Å². The Kier molecular flexibility index (Phi) is 7.24. The SMILES string of the molecule is COc1ccc(OC)c2sc(N(Cc3ccccn3)C(=O)CSCc3ccccc3)nc12. The van der Waals surface area contributed by atoms with Crippen LogP contribution < -0.4 is 14.4 Å². The molecule has 6 nitrogen and oxygen atoms in total. The fourth-order valence-electron chi connectivity index (χ4n) is 3.21. The van der Waals surface area contributed by atoms with Crippen molar-refractivity contribution in [3.8, 4) is 11.5 Å². The van der Waals surface area contributed by atoms with Crippen LogP contribution >= 0.6 is 23.1 Å². The molecule has 0 unspecified atom stereocenters. The number of hydrogen-bond acceptors (Lipinski definition) is 7. The smallest absolute Gasteiger partial charge is 0.239 e. The molecule has 0 radical (unpaired) electrons. The molecule has 0 atom stereocenters. The minimum absolute atomic E-state index is 0.0198. The highest BCUT2D eigenvalue weighted by atomic mass is 32.2. The number of carbonyl (C=O) groups excluding carboxylic acids is 1. The van der Waals surface area contributed by atoms with Gasteiger partial charge in [-0.3, -0.25) is 14.7 Å². The summed E-state index contributed by atoms with van der Waals surface area (Å²) in [5.74, 6) is 2.44. The first-order valence-electron chi connectivity index (χ1n) is 10.0. The van der Waals surface area contributed by atoms with E-state index >= 15 is 0 Å². The largest absolute Gasteiger partial charge is 0.495 e. The van der Waals surface area contributed by atoms with Gasteiger partial charge >= 0.3 is 0 Å². The second-order valence-corrected chi connectivity index (χ2v) is 8.89. The lowest BCUT2D eigenvalue weighted by molar-refractivity contribution is -0.116. The molecule has 0 saturated heterocycles. The summed E-state index contributed by atoms with van der Waals surface area (Å²) in [6.45, 7) is 0.343. The molecule has 0 aliphatic carbocycles. The molecule has 4 rings (SSSR count). The van der Waals surface area contributed by atoms with Gasteiger partial charge in [0.05, 0.1) is 32.2 Å². The first-order chi connectivity index (χ1) is 15.7. The molecule has 2 aromatic heterocycles. The van der Waals surface area contributed by atoms with Crippen molar-refractivity contribution < 1.29 is 14.3 Å². The number of anilines is 1. The number of amides is 1. The van der Waals surface area contributed by atoms with Crippen molar-refractivity contribution in [2.75, 3.05) is 24.9 Å². The van der Waals surface area contributed by atoms with Gasteiger partial charge in [0.15, 0.2) is 5.13 Å². The van der Waals surface area contributed by atoms with Crippen molar-refractivity contribution in [2.45, 2.75) is 12.3 Å².